The van der Waals surface area contributed by atoms with Crippen LogP contribution in [0, 0.1) is 10.1 Å². The fourth-order valence-electron chi connectivity index (χ4n) is 1.21. The van der Waals surface area contributed by atoms with Gasteiger partial charge in [0.1, 0.15) is 0 Å². The summed E-state index contributed by atoms with van der Waals surface area (Å²) in [7, 11) is 1.79. The van der Waals surface area contributed by atoms with Crippen LogP contribution in [0.15, 0.2) is 18.2 Å². The largest absolute Gasteiger partial charge is 0.502 e. The molecular weight excluding hydrogens is 196 g/mol. The normalized spacial score (nSPS) is 11.4. The fraction of sp³-hybridized carbons (Fsp3) is 0.400. The van der Waals surface area contributed by atoms with Crippen molar-refractivity contribution in [3.05, 3.63) is 33.9 Å². The van der Waals surface area contributed by atoms with E-state index in [9.17, 15) is 15.2 Å². The summed E-state index contributed by atoms with van der Waals surface area (Å²) >= 11 is 0. The van der Waals surface area contributed by atoms with Gasteiger partial charge in [-0.1, -0.05) is 6.07 Å². The molecule has 0 amide bonds. The minimum absolute atomic E-state index is 0.273. The first-order valence-electron chi connectivity index (χ1n) is 4.55. The highest BCUT2D eigenvalue weighted by Gasteiger charge is 2.21. The maximum Gasteiger partial charge on any atom is 0.310 e. The van der Waals surface area contributed by atoms with Gasteiger partial charge in [0.2, 0.25) is 0 Å². The Morgan fingerprint density at radius 3 is 2.47 bits per heavy atom. The second kappa shape index (κ2) is 3.86. The van der Waals surface area contributed by atoms with Gasteiger partial charge in [0.25, 0.3) is 0 Å². The van der Waals surface area contributed by atoms with Crippen molar-refractivity contribution in [1.82, 2.24) is 5.32 Å². The number of hydrogen-bond donors (Lipinski definition) is 2. The SMILES string of the molecule is CNC(C)(C)c1ccc([N+](=O)[O-])c(O)c1. The maximum absolute atomic E-state index is 10.5. The number of benzene rings is 1. The number of aromatic hydroxyl groups is 1. The van der Waals surface area contributed by atoms with Crippen LogP contribution in [-0.4, -0.2) is 17.1 Å². The number of phenolic OH excluding ortho intramolecular Hbond substituents is 1. The molecule has 0 unspecified atom stereocenters. The zero-order chi connectivity index (χ0) is 11.6. The van der Waals surface area contributed by atoms with Gasteiger partial charge in [0.15, 0.2) is 5.75 Å². The topological polar surface area (TPSA) is 75.4 Å². The van der Waals surface area contributed by atoms with Crippen LogP contribution in [0.4, 0.5) is 5.69 Å². The average Bonchev–Trinajstić information content (AvgIpc) is 2.17. The quantitative estimate of drug-likeness (QED) is 0.588. The summed E-state index contributed by atoms with van der Waals surface area (Å²) in [4.78, 5) is 9.88. The molecule has 0 radical (unpaired) electrons. The van der Waals surface area contributed by atoms with Crippen LogP contribution in [0.25, 0.3) is 0 Å². The molecule has 5 heteroatoms. The van der Waals surface area contributed by atoms with E-state index < -0.39 is 4.92 Å². The highest BCUT2D eigenvalue weighted by Crippen LogP contribution is 2.30. The molecule has 0 atom stereocenters. The number of phenols is 1. The molecule has 1 rings (SSSR count). The Balaban J connectivity index is 3.18. The Morgan fingerprint density at radius 2 is 2.07 bits per heavy atom. The minimum atomic E-state index is -0.606. The third-order valence-electron chi connectivity index (χ3n) is 2.52. The van der Waals surface area contributed by atoms with Gasteiger partial charge in [-0.05, 0) is 32.5 Å². The van der Waals surface area contributed by atoms with E-state index in [0.717, 1.165) is 5.56 Å². The van der Waals surface area contributed by atoms with Crippen molar-refractivity contribution in [2.45, 2.75) is 19.4 Å². The highest BCUT2D eigenvalue weighted by atomic mass is 16.6. The van der Waals surface area contributed by atoms with E-state index in [4.69, 9.17) is 0 Å². The maximum atomic E-state index is 10.5. The number of rotatable bonds is 3. The summed E-state index contributed by atoms with van der Waals surface area (Å²) in [6.07, 6.45) is 0. The molecule has 0 aliphatic carbocycles. The van der Waals surface area contributed by atoms with Crippen LogP contribution in [0.5, 0.6) is 5.75 Å². The van der Waals surface area contributed by atoms with E-state index in [1.54, 1.807) is 13.1 Å². The smallest absolute Gasteiger partial charge is 0.310 e. The predicted molar refractivity (Wildman–Crippen MR) is 56.8 cm³/mol. The molecule has 0 fully saturated rings. The molecular formula is C10H14N2O3. The van der Waals surface area contributed by atoms with E-state index in [1.807, 2.05) is 13.8 Å². The summed E-state index contributed by atoms with van der Waals surface area (Å²) < 4.78 is 0. The van der Waals surface area contributed by atoms with Gasteiger partial charge in [-0.2, -0.15) is 0 Å². The van der Waals surface area contributed by atoms with Crippen molar-refractivity contribution < 1.29 is 10.0 Å². The van der Waals surface area contributed by atoms with Crippen molar-refractivity contribution in [2.75, 3.05) is 7.05 Å². The molecule has 0 aromatic heterocycles. The number of nitrogens with one attached hydrogen (secondary N) is 1. The predicted octanol–water partition coefficient (Wildman–Crippen LogP) is 1.75. The van der Waals surface area contributed by atoms with Gasteiger partial charge in [-0.3, -0.25) is 10.1 Å². The Bertz CT molecular complexity index is 388. The molecule has 0 bridgehead atoms. The molecule has 0 saturated carbocycles. The fourth-order valence-corrected chi connectivity index (χ4v) is 1.21. The first-order chi connectivity index (χ1) is 6.88. The van der Waals surface area contributed by atoms with Crippen molar-refractivity contribution in [1.29, 1.82) is 0 Å². The minimum Gasteiger partial charge on any atom is -0.502 e. The second-order valence-electron chi connectivity index (χ2n) is 3.84. The Kier molecular flexibility index (Phi) is 2.95. The summed E-state index contributed by atoms with van der Waals surface area (Å²) in [5, 5.41) is 23.0. The lowest BCUT2D eigenvalue weighted by atomic mass is 9.94. The van der Waals surface area contributed by atoms with E-state index >= 15 is 0 Å². The Hall–Kier alpha value is -1.62. The lowest BCUT2D eigenvalue weighted by Gasteiger charge is -2.24. The molecule has 2 N–H and O–H groups in total. The molecule has 82 valence electrons. The van der Waals surface area contributed by atoms with Crippen molar-refractivity contribution >= 4 is 5.69 Å². The van der Waals surface area contributed by atoms with E-state index in [1.165, 1.54) is 12.1 Å². The number of nitro benzene ring substituents is 1. The molecule has 1 aromatic carbocycles. The summed E-state index contributed by atoms with van der Waals surface area (Å²) in [5.41, 5.74) is 0.200. The van der Waals surface area contributed by atoms with Crippen molar-refractivity contribution in [2.24, 2.45) is 0 Å². The number of nitro groups is 1. The third kappa shape index (κ3) is 2.24. The van der Waals surface area contributed by atoms with Crippen LogP contribution in [0.1, 0.15) is 19.4 Å². The van der Waals surface area contributed by atoms with Gasteiger partial charge >= 0.3 is 5.69 Å². The zero-order valence-corrected chi connectivity index (χ0v) is 8.94. The van der Waals surface area contributed by atoms with Crippen LogP contribution in [0.2, 0.25) is 0 Å². The zero-order valence-electron chi connectivity index (χ0n) is 8.94. The van der Waals surface area contributed by atoms with Crippen LogP contribution < -0.4 is 5.32 Å². The summed E-state index contributed by atoms with van der Waals surface area (Å²) in [5.74, 6) is -0.305. The number of nitrogens with zero attached hydrogens (tertiary/aromatic N) is 1. The van der Waals surface area contributed by atoms with Gasteiger partial charge in [-0.15, -0.1) is 0 Å². The van der Waals surface area contributed by atoms with Crippen LogP contribution in [0.3, 0.4) is 0 Å². The first-order valence-corrected chi connectivity index (χ1v) is 4.55. The molecule has 0 heterocycles. The van der Waals surface area contributed by atoms with Crippen molar-refractivity contribution in [3.63, 3.8) is 0 Å². The average molecular weight is 210 g/mol. The van der Waals surface area contributed by atoms with Gasteiger partial charge < -0.3 is 10.4 Å². The van der Waals surface area contributed by atoms with Gasteiger partial charge in [0.05, 0.1) is 4.92 Å². The Morgan fingerprint density at radius 1 is 1.47 bits per heavy atom. The standard InChI is InChI=1S/C10H14N2O3/c1-10(2,11-3)7-4-5-8(12(14)15)9(13)6-7/h4-6,11,13H,1-3H3. The summed E-state index contributed by atoms with van der Waals surface area (Å²) in [6, 6.07) is 4.35. The molecule has 0 saturated heterocycles. The molecule has 5 nitrogen and oxygen atoms in total. The first kappa shape index (κ1) is 11.5. The third-order valence-corrected chi connectivity index (χ3v) is 2.52. The second-order valence-corrected chi connectivity index (χ2v) is 3.84. The molecule has 0 aliphatic rings. The summed E-state index contributed by atoms with van der Waals surface area (Å²) in [6.45, 7) is 3.85. The molecule has 1 aromatic rings. The monoisotopic (exact) mass is 210 g/mol. The van der Waals surface area contributed by atoms with E-state index in [2.05, 4.69) is 5.32 Å². The van der Waals surface area contributed by atoms with Crippen LogP contribution >= 0.6 is 0 Å². The molecule has 0 aliphatic heterocycles. The molecule has 15 heavy (non-hydrogen) atoms. The highest BCUT2D eigenvalue weighted by molar-refractivity contribution is 5.48. The van der Waals surface area contributed by atoms with Gasteiger partial charge in [-0.25, -0.2) is 0 Å². The van der Waals surface area contributed by atoms with E-state index in [0.29, 0.717) is 0 Å². The lowest BCUT2D eigenvalue weighted by Crippen LogP contribution is -2.32. The lowest BCUT2D eigenvalue weighted by molar-refractivity contribution is -0.385. The molecule has 0 spiro atoms. The van der Waals surface area contributed by atoms with Crippen molar-refractivity contribution in [3.8, 4) is 5.75 Å². The van der Waals surface area contributed by atoms with E-state index in [-0.39, 0.29) is 17.0 Å². The Labute approximate surface area is 87.9 Å². The van der Waals surface area contributed by atoms with Crippen LogP contribution in [-0.2, 0) is 5.54 Å². The van der Waals surface area contributed by atoms with Gasteiger partial charge in [0, 0.05) is 11.6 Å². The number of hydrogen-bond acceptors (Lipinski definition) is 4.